The summed E-state index contributed by atoms with van der Waals surface area (Å²) in [4.78, 5) is 14.8. The van der Waals surface area contributed by atoms with E-state index in [-0.39, 0.29) is 18.3 Å². The first-order valence-corrected chi connectivity index (χ1v) is 15.0. The average Bonchev–Trinajstić information content (AvgIpc) is 2.89. The standard InChI is InChI=1S/C13H21NO4S2.C10H20O5S/c15-5-6-16-7-8-17-9-10-18-11-12-19-20-13-3-1-2-4-14-13;1-10(12)16-9-8-15-7-6-14-5-4-13-3-2-11/h1-4,15H,5-12H2;11H,2-9H2,1H3. The van der Waals surface area contributed by atoms with Crippen molar-refractivity contribution in [3.8, 4) is 0 Å². The molecule has 1 aromatic heterocycles. The van der Waals surface area contributed by atoms with Crippen LogP contribution < -0.4 is 0 Å². The number of aromatic nitrogens is 1. The van der Waals surface area contributed by atoms with E-state index in [1.165, 1.54) is 11.8 Å². The van der Waals surface area contributed by atoms with Gasteiger partial charge in [-0.1, -0.05) is 28.6 Å². The van der Waals surface area contributed by atoms with Gasteiger partial charge in [0, 0.05) is 24.6 Å². The Morgan fingerprint density at radius 2 is 1.19 bits per heavy atom. The van der Waals surface area contributed by atoms with E-state index in [0.717, 1.165) is 10.8 Å². The van der Waals surface area contributed by atoms with Crippen molar-refractivity contribution in [2.75, 3.05) is 104 Å². The van der Waals surface area contributed by atoms with Crippen molar-refractivity contribution in [3.05, 3.63) is 24.4 Å². The number of carbonyl (C=O) groups is 1. The summed E-state index contributed by atoms with van der Waals surface area (Å²) in [5.74, 6) is 1.61. The van der Waals surface area contributed by atoms with Crippen LogP contribution in [0.3, 0.4) is 0 Å². The first kappa shape index (κ1) is 35.5. The van der Waals surface area contributed by atoms with Crippen LogP contribution in [0.4, 0.5) is 0 Å². The van der Waals surface area contributed by atoms with Gasteiger partial charge in [0.2, 0.25) is 0 Å². The van der Waals surface area contributed by atoms with E-state index in [4.69, 9.17) is 38.6 Å². The zero-order valence-electron chi connectivity index (χ0n) is 21.0. The van der Waals surface area contributed by atoms with Crippen LogP contribution in [-0.2, 0) is 33.2 Å². The minimum atomic E-state index is 0.0386. The Morgan fingerprint density at radius 3 is 1.64 bits per heavy atom. The first-order chi connectivity index (χ1) is 17.7. The largest absolute Gasteiger partial charge is 0.394 e. The quantitative estimate of drug-likeness (QED) is 0.139. The van der Waals surface area contributed by atoms with Crippen molar-refractivity contribution >= 4 is 38.5 Å². The highest BCUT2D eigenvalue weighted by atomic mass is 33.1. The maximum absolute atomic E-state index is 10.6. The van der Waals surface area contributed by atoms with E-state index in [1.807, 2.05) is 18.2 Å². The predicted octanol–water partition coefficient (Wildman–Crippen LogP) is 2.17. The maximum atomic E-state index is 10.6. The normalized spacial score (nSPS) is 10.8. The zero-order chi connectivity index (χ0) is 26.4. The lowest BCUT2D eigenvalue weighted by atomic mass is 10.5. The molecule has 0 bridgehead atoms. The van der Waals surface area contributed by atoms with Gasteiger partial charge in [-0.3, -0.25) is 4.79 Å². The number of aliphatic hydroxyl groups is 2. The van der Waals surface area contributed by atoms with Crippen LogP contribution in [0.1, 0.15) is 6.92 Å². The Kier molecular flexibility index (Phi) is 30.4. The van der Waals surface area contributed by atoms with E-state index in [1.54, 1.807) is 34.7 Å². The summed E-state index contributed by atoms with van der Waals surface area (Å²) in [5.41, 5.74) is 0. The summed E-state index contributed by atoms with van der Waals surface area (Å²) in [6.45, 7) is 7.86. The van der Waals surface area contributed by atoms with Gasteiger partial charge in [0.25, 0.3) is 0 Å². The number of pyridine rings is 1. The fourth-order valence-electron chi connectivity index (χ4n) is 2.05. The molecule has 1 aromatic rings. The number of nitrogens with zero attached hydrogens (tertiary/aromatic N) is 1. The molecule has 0 amide bonds. The van der Waals surface area contributed by atoms with Gasteiger partial charge in [-0.2, -0.15) is 0 Å². The maximum Gasteiger partial charge on any atom is 0.185 e. The van der Waals surface area contributed by atoms with Crippen LogP contribution in [0.25, 0.3) is 0 Å². The fourth-order valence-corrected chi connectivity index (χ4v) is 4.28. The van der Waals surface area contributed by atoms with Gasteiger partial charge in [0.05, 0.1) is 92.5 Å². The third-order valence-electron chi connectivity index (χ3n) is 3.59. The lowest BCUT2D eigenvalue weighted by Crippen LogP contribution is -2.11. The summed E-state index contributed by atoms with van der Waals surface area (Å²) in [6, 6.07) is 5.88. The first-order valence-electron chi connectivity index (χ1n) is 11.7. The number of carbonyl (C=O) groups excluding carboxylic acids is 1. The summed E-state index contributed by atoms with van der Waals surface area (Å²) in [5, 5.41) is 18.0. The molecular formula is C23H41NO9S3. The fraction of sp³-hybridized carbons (Fsp3) is 0.739. The molecular weight excluding hydrogens is 530 g/mol. The van der Waals surface area contributed by atoms with Gasteiger partial charge in [-0.25, -0.2) is 4.98 Å². The van der Waals surface area contributed by atoms with Crippen LogP contribution >= 0.6 is 33.3 Å². The number of hydrogen-bond donors (Lipinski definition) is 2. The molecule has 36 heavy (non-hydrogen) atoms. The molecule has 0 aliphatic carbocycles. The second kappa shape index (κ2) is 30.8. The molecule has 13 heteroatoms. The topological polar surface area (TPSA) is 126 Å². The molecule has 0 saturated carbocycles. The highest BCUT2D eigenvalue weighted by Crippen LogP contribution is 2.28. The predicted molar refractivity (Wildman–Crippen MR) is 145 cm³/mol. The third-order valence-corrected chi connectivity index (χ3v) is 6.59. The molecule has 1 rings (SSSR count). The minimum Gasteiger partial charge on any atom is -0.394 e. The Balaban J connectivity index is 0.000000700. The Morgan fingerprint density at radius 1 is 0.722 bits per heavy atom. The SMILES string of the molecule is CC(=O)SCCOCCOCCOCCO.OCCOCCOCCOCCSSc1ccccn1. The van der Waals surface area contributed by atoms with Crippen LogP contribution in [-0.4, -0.2) is 124 Å². The smallest absolute Gasteiger partial charge is 0.185 e. The van der Waals surface area contributed by atoms with Crippen molar-refractivity contribution in [1.82, 2.24) is 4.98 Å². The molecule has 1 heterocycles. The third kappa shape index (κ3) is 29.8. The van der Waals surface area contributed by atoms with Crippen LogP contribution in [0.2, 0.25) is 0 Å². The van der Waals surface area contributed by atoms with Gasteiger partial charge < -0.3 is 38.6 Å². The second-order valence-corrected chi connectivity index (χ2v) is 10.2. The summed E-state index contributed by atoms with van der Waals surface area (Å²) in [7, 11) is 3.39. The van der Waals surface area contributed by atoms with E-state index in [2.05, 4.69) is 4.98 Å². The van der Waals surface area contributed by atoms with E-state index in [0.29, 0.717) is 85.0 Å². The molecule has 2 N–H and O–H groups in total. The molecule has 0 atom stereocenters. The molecule has 210 valence electrons. The van der Waals surface area contributed by atoms with Gasteiger partial charge >= 0.3 is 0 Å². The molecule has 0 aliphatic heterocycles. The molecule has 10 nitrogen and oxygen atoms in total. The molecule has 0 aromatic carbocycles. The van der Waals surface area contributed by atoms with Gasteiger partial charge in [-0.05, 0) is 22.9 Å². The van der Waals surface area contributed by atoms with Crippen molar-refractivity contribution < 1.29 is 43.4 Å². The van der Waals surface area contributed by atoms with E-state index >= 15 is 0 Å². The van der Waals surface area contributed by atoms with Crippen LogP contribution in [0.15, 0.2) is 29.4 Å². The highest BCUT2D eigenvalue weighted by molar-refractivity contribution is 8.76. The molecule has 0 radical (unpaired) electrons. The number of thioether (sulfide) groups is 1. The van der Waals surface area contributed by atoms with Gasteiger partial charge in [0.15, 0.2) is 5.12 Å². The monoisotopic (exact) mass is 571 g/mol. The summed E-state index contributed by atoms with van der Waals surface area (Å²) >= 11 is 1.26. The molecule has 0 aliphatic rings. The Labute approximate surface area is 226 Å². The number of hydrogen-bond acceptors (Lipinski definition) is 13. The summed E-state index contributed by atoms with van der Waals surface area (Å²) < 4.78 is 31.2. The Hall–Kier alpha value is -0.450. The molecule has 0 spiro atoms. The molecule has 0 unspecified atom stereocenters. The molecule has 0 saturated heterocycles. The van der Waals surface area contributed by atoms with Crippen LogP contribution in [0, 0.1) is 0 Å². The number of rotatable bonds is 24. The number of aliphatic hydroxyl groups excluding tert-OH is 2. The van der Waals surface area contributed by atoms with Crippen molar-refractivity contribution in [2.24, 2.45) is 0 Å². The van der Waals surface area contributed by atoms with E-state index < -0.39 is 0 Å². The van der Waals surface area contributed by atoms with Gasteiger partial charge in [-0.15, -0.1) is 0 Å². The zero-order valence-corrected chi connectivity index (χ0v) is 23.5. The van der Waals surface area contributed by atoms with Crippen molar-refractivity contribution in [2.45, 2.75) is 11.9 Å². The lowest BCUT2D eigenvalue weighted by molar-refractivity contribution is -0.109. The number of ether oxygens (including phenoxy) is 6. The minimum absolute atomic E-state index is 0.0386. The Bertz CT molecular complexity index is 577. The average molecular weight is 572 g/mol. The van der Waals surface area contributed by atoms with Crippen LogP contribution in [0.5, 0.6) is 0 Å². The summed E-state index contributed by atoms with van der Waals surface area (Å²) in [6.07, 6.45) is 1.79. The molecule has 0 fully saturated rings. The van der Waals surface area contributed by atoms with Crippen molar-refractivity contribution in [3.63, 3.8) is 0 Å². The second-order valence-electron chi connectivity index (χ2n) is 6.53. The highest BCUT2D eigenvalue weighted by Gasteiger charge is 1.96. The van der Waals surface area contributed by atoms with Gasteiger partial charge in [0.1, 0.15) is 5.03 Å². The lowest BCUT2D eigenvalue weighted by Gasteiger charge is -2.06. The van der Waals surface area contributed by atoms with E-state index in [9.17, 15) is 4.79 Å². The van der Waals surface area contributed by atoms with Crippen molar-refractivity contribution in [1.29, 1.82) is 0 Å².